The highest BCUT2D eigenvalue weighted by Gasteiger charge is 2.23. The van der Waals surface area contributed by atoms with E-state index < -0.39 is 22.8 Å². The Morgan fingerprint density at radius 1 is 1.19 bits per heavy atom. The van der Waals surface area contributed by atoms with Gasteiger partial charge in [-0.15, -0.1) is 0 Å². The molecule has 26 heavy (non-hydrogen) atoms. The number of nitrogens with zero attached hydrogens (tertiary/aromatic N) is 1. The maximum atomic E-state index is 14.4. The van der Waals surface area contributed by atoms with Gasteiger partial charge in [-0.05, 0) is 55.0 Å². The van der Waals surface area contributed by atoms with Crippen LogP contribution in [0.2, 0.25) is 0 Å². The number of rotatable bonds is 6. The molecule has 1 aromatic heterocycles. The summed E-state index contributed by atoms with van der Waals surface area (Å²) in [5.41, 5.74) is 0.572. The van der Waals surface area contributed by atoms with Gasteiger partial charge in [-0.3, -0.25) is 0 Å². The molecule has 2 aromatic carbocycles. The van der Waals surface area contributed by atoms with E-state index in [4.69, 9.17) is 8.85 Å². The van der Waals surface area contributed by atoms with E-state index >= 15 is 0 Å². The van der Waals surface area contributed by atoms with Crippen molar-refractivity contribution in [2.45, 2.75) is 11.4 Å². The topological polar surface area (TPSA) is 60.3 Å². The summed E-state index contributed by atoms with van der Waals surface area (Å²) in [7, 11) is -2.60. The molecule has 5 nitrogen and oxygen atoms in total. The van der Waals surface area contributed by atoms with Crippen LogP contribution in [-0.4, -0.2) is 26.5 Å². The second kappa shape index (κ2) is 7.31. The molecule has 7 heteroatoms. The van der Waals surface area contributed by atoms with Gasteiger partial charge in [0.2, 0.25) is 0 Å². The lowest BCUT2D eigenvalue weighted by Gasteiger charge is -2.11. The van der Waals surface area contributed by atoms with Gasteiger partial charge >= 0.3 is 0 Å². The van der Waals surface area contributed by atoms with Crippen LogP contribution in [0.1, 0.15) is 9.68 Å². The summed E-state index contributed by atoms with van der Waals surface area (Å²) in [6.45, 7) is -2.50. The zero-order valence-corrected chi connectivity index (χ0v) is 14.8. The molecule has 0 fully saturated rings. The molecule has 1 N–H and O–H groups in total. The Morgan fingerprint density at radius 2 is 1.92 bits per heavy atom. The van der Waals surface area contributed by atoms with Crippen molar-refractivity contribution in [2.24, 2.45) is 0 Å². The number of nitrogens with one attached hydrogen (secondary N) is 1. The van der Waals surface area contributed by atoms with Crippen molar-refractivity contribution in [3.63, 3.8) is 0 Å². The van der Waals surface area contributed by atoms with E-state index in [2.05, 4.69) is 5.32 Å². The van der Waals surface area contributed by atoms with Gasteiger partial charge in [-0.25, -0.2) is 16.8 Å². The normalized spacial score (nSPS) is 13.7. The van der Waals surface area contributed by atoms with Crippen molar-refractivity contribution in [1.29, 1.82) is 0 Å². The molecular formula is C19H19FN2O3S. The number of benzene rings is 2. The van der Waals surface area contributed by atoms with Gasteiger partial charge in [0.1, 0.15) is 11.6 Å². The van der Waals surface area contributed by atoms with Crippen LogP contribution in [0.4, 0.5) is 4.39 Å². The summed E-state index contributed by atoms with van der Waals surface area (Å²) < 4.78 is 68.6. The summed E-state index contributed by atoms with van der Waals surface area (Å²) >= 11 is 0. The lowest BCUT2D eigenvalue weighted by molar-refractivity contribution is 0.414. The Kier molecular flexibility index (Phi) is 4.08. The second-order valence-electron chi connectivity index (χ2n) is 5.54. The van der Waals surface area contributed by atoms with Gasteiger partial charge < -0.3 is 10.1 Å². The van der Waals surface area contributed by atoms with E-state index in [1.165, 1.54) is 61.8 Å². The van der Waals surface area contributed by atoms with Gasteiger partial charge in [0, 0.05) is 22.4 Å². The fraction of sp³-hybridized carbons (Fsp3) is 0.158. The van der Waals surface area contributed by atoms with Gasteiger partial charge in [-0.2, -0.15) is 0 Å². The van der Waals surface area contributed by atoms with Crippen LogP contribution >= 0.6 is 0 Å². The Morgan fingerprint density at radius 3 is 2.58 bits per heavy atom. The average molecular weight is 377 g/mol. The number of methoxy groups -OCH3 is 1. The van der Waals surface area contributed by atoms with Crippen LogP contribution in [0.15, 0.2) is 65.7 Å². The predicted molar refractivity (Wildman–Crippen MR) is 98.2 cm³/mol. The maximum Gasteiger partial charge on any atom is 0.268 e. The fourth-order valence-corrected chi connectivity index (χ4v) is 4.01. The Hall–Kier alpha value is -2.64. The number of ether oxygens (including phenoxy) is 1. The predicted octanol–water partition coefficient (Wildman–Crippen LogP) is 3.26. The molecule has 0 atom stereocenters. The van der Waals surface area contributed by atoms with Crippen molar-refractivity contribution in [3.8, 4) is 17.0 Å². The number of halogens is 1. The van der Waals surface area contributed by atoms with Crippen molar-refractivity contribution < 1.29 is 21.7 Å². The summed E-state index contributed by atoms with van der Waals surface area (Å²) in [6, 6.07) is 13.0. The molecular weight excluding hydrogens is 355 g/mol. The van der Waals surface area contributed by atoms with E-state index in [1.807, 2.05) is 0 Å². The van der Waals surface area contributed by atoms with Crippen molar-refractivity contribution in [1.82, 2.24) is 9.29 Å². The first-order valence-electron chi connectivity index (χ1n) is 9.23. The van der Waals surface area contributed by atoms with Crippen LogP contribution < -0.4 is 10.1 Å². The lowest BCUT2D eigenvalue weighted by atomic mass is 10.1. The van der Waals surface area contributed by atoms with E-state index in [-0.39, 0.29) is 22.7 Å². The molecule has 0 aliphatic heterocycles. The third-order valence-corrected chi connectivity index (χ3v) is 5.59. The smallest absolute Gasteiger partial charge is 0.268 e. The molecule has 0 spiro atoms. The van der Waals surface area contributed by atoms with Crippen LogP contribution in [0.5, 0.6) is 5.75 Å². The zero-order valence-electron chi connectivity index (χ0n) is 16.9. The SMILES string of the molecule is [2H]C([2H])([2H])NCc1cc(-c2ccccc2F)n(S(=O)(=O)c2ccc(OC)cc2)c1. The molecule has 3 rings (SSSR count). The molecule has 0 aliphatic carbocycles. The molecule has 136 valence electrons. The summed E-state index contributed by atoms with van der Waals surface area (Å²) in [5.74, 6) is -0.0968. The summed E-state index contributed by atoms with van der Waals surface area (Å²) in [5, 5.41) is 2.33. The largest absolute Gasteiger partial charge is 0.497 e. The number of aromatic nitrogens is 1. The summed E-state index contributed by atoms with van der Waals surface area (Å²) in [4.78, 5) is -0.0122. The fourth-order valence-electron chi connectivity index (χ4n) is 2.62. The molecule has 0 unspecified atom stereocenters. The van der Waals surface area contributed by atoms with Crippen LogP contribution in [-0.2, 0) is 16.6 Å². The van der Waals surface area contributed by atoms with E-state index in [0.717, 1.165) is 3.97 Å². The minimum Gasteiger partial charge on any atom is -0.497 e. The van der Waals surface area contributed by atoms with Crippen molar-refractivity contribution in [3.05, 3.63) is 72.2 Å². The molecule has 3 aromatic rings. The quantitative estimate of drug-likeness (QED) is 0.716. The Bertz CT molecular complexity index is 1110. The summed E-state index contributed by atoms with van der Waals surface area (Å²) in [6.07, 6.45) is 1.29. The first-order valence-corrected chi connectivity index (χ1v) is 9.17. The van der Waals surface area contributed by atoms with Gasteiger partial charge in [-0.1, -0.05) is 12.1 Å². The van der Waals surface area contributed by atoms with Crippen LogP contribution in [0.3, 0.4) is 0 Å². The van der Waals surface area contributed by atoms with E-state index in [9.17, 15) is 12.8 Å². The molecule has 0 bridgehead atoms. The Labute approximate surface area is 156 Å². The first kappa shape index (κ1) is 14.5. The van der Waals surface area contributed by atoms with E-state index in [1.54, 1.807) is 6.07 Å². The average Bonchev–Trinajstić information content (AvgIpc) is 3.11. The second-order valence-corrected chi connectivity index (χ2v) is 7.36. The molecule has 1 heterocycles. The highest BCUT2D eigenvalue weighted by molar-refractivity contribution is 7.90. The van der Waals surface area contributed by atoms with E-state index in [0.29, 0.717) is 11.3 Å². The molecule has 0 amide bonds. The van der Waals surface area contributed by atoms with Gasteiger partial charge in [0.25, 0.3) is 10.0 Å². The minimum atomic E-state index is -4.07. The number of hydrogen-bond acceptors (Lipinski definition) is 4. The maximum absolute atomic E-state index is 14.4. The minimum absolute atomic E-state index is 0.0122. The van der Waals surface area contributed by atoms with Crippen molar-refractivity contribution >= 4 is 10.0 Å². The highest BCUT2D eigenvalue weighted by atomic mass is 32.2. The van der Waals surface area contributed by atoms with Gasteiger partial charge in [0.15, 0.2) is 0 Å². The van der Waals surface area contributed by atoms with Crippen molar-refractivity contribution in [2.75, 3.05) is 14.1 Å². The third kappa shape index (κ3) is 3.36. The molecule has 0 aliphatic rings. The third-order valence-electron chi connectivity index (χ3n) is 3.90. The monoisotopic (exact) mass is 377 g/mol. The molecule has 0 radical (unpaired) electrons. The van der Waals surface area contributed by atoms with Crippen LogP contribution in [0.25, 0.3) is 11.3 Å². The lowest BCUT2D eigenvalue weighted by Crippen LogP contribution is -2.13. The Balaban J connectivity index is 2.12. The van der Waals surface area contributed by atoms with Gasteiger partial charge in [0.05, 0.1) is 17.7 Å². The first-order chi connectivity index (χ1) is 13.6. The number of hydrogen-bond donors (Lipinski definition) is 1. The highest BCUT2D eigenvalue weighted by Crippen LogP contribution is 2.29. The molecule has 0 saturated heterocycles. The zero-order chi connectivity index (χ0) is 21.2. The molecule has 0 saturated carbocycles. The van der Waals surface area contributed by atoms with Crippen LogP contribution in [0, 0.1) is 5.82 Å². The standard InChI is InChI=1S/C19H19FN2O3S/c1-21-12-14-11-19(17-5-3-4-6-18(17)20)22(13-14)26(23,24)16-9-7-15(25-2)8-10-16/h3-11,13,21H,12H2,1-2H3/i1D3.